The quantitative estimate of drug-likeness (QED) is 0.833. The van der Waals surface area contributed by atoms with Crippen molar-refractivity contribution in [3.8, 4) is 11.5 Å². The minimum absolute atomic E-state index is 0.0461. The molecule has 0 spiro atoms. The molecule has 4 heterocycles. The molecule has 1 unspecified atom stereocenters. The highest BCUT2D eigenvalue weighted by Crippen LogP contribution is 2.38. The Morgan fingerprint density at radius 1 is 1.11 bits per heavy atom. The van der Waals surface area contributed by atoms with E-state index in [4.69, 9.17) is 9.47 Å². The number of hydrogen-bond acceptors (Lipinski definition) is 5. The molecular formula is C20H19N3O4. The van der Waals surface area contributed by atoms with Gasteiger partial charge in [-0.3, -0.25) is 14.6 Å². The number of hydrogen-bond donors (Lipinski definition) is 0. The maximum absolute atomic E-state index is 12.9. The van der Waals surface area contributed by atoms with Crippen LogP contribution in [-0.4, -0.2) is 52.6 Å². The number of fused-ring (bicyclic) bond motifs is 3. The third kappa shape index (κ3) is 2.70. The number of nitrogens with zero attached hydrogens (tertiary/aromatic N) is 3. The van der Waals surface area contributed by atoms with E-state index in [9.17, 15) is 9.59 Å². The highest BCUT2D eigenvalue weighted by atomic mass is 16.5. The zero-order valence-corrected chi connectivity index (χ0v) is 14.8. The van der Waals surface area contributed by atoms with Crippen molar-refractivity contribution < 1.29 is 19.1 Å². The number of ether oxygens (including phenoxy) is 2. The van der Waals surface area contributed by atoms with E-state index in [0.717, 1.165) is 18.5 Å². The fourth-order valence-corrected chi connectivity index (χ4v) is 3.84. The van der Waals surface area contributed by atoms with E-state index in [1.165, 1.54) is 0 Å². The van der Waals surface area contributed by atoms with E-state index in [1.54, 1.807) is 28.1 Å². The van der Waals surface area contributed by atoms with E-state index in [-0.39, 0.29) is 24.8 Å². The van der Waals surface area contributed by atoms with Gasteiger partial charge in [-0.1, -0.05) is 6.07 Å². The lowest BCUT2D eigenvalue weighted by Crippen LogP contribution is -2.44. The van der Waals surface area contributed by atoms with Crippen molar-refractivity contribution in [2.24, 2.45) is 0 Å². The third-order valence-electron chi connectivity index (χ3n) is 5.29. The lowest BCUT2D eigenvalue weighted by molar-refractivity contribution is 0.0283. The van der Waals surface area contributed by atoms with Crippen LogP contribution in [0, 0.1) is 0 Å². The molecule has 7 nitrogen and oxygen atoms in total. The molecule has 27 heavy (non-hydrogen) atoms. The summed E-state index contributed by atoms with van der Waals surface area (Å²) in [5.41, 5.74) is 1.85. The molecule has 1 fully saturated rings. The third-order valence-corrected chi connectivity index (χ3v) is 5.29. The van der Waals surface area contributed by atoms with Crippen LogP contribution < -0.4 is 9.47 Å². The fraction of sp³-hybridized carbons (Fsp3) is 0.350. The molecule has 0 N–H and O–H groups in total. The van der Waals surface area contributed by atoms with Crippen LogP contribution in [0.4, 0.5) is 0 Å². The molecule has 1 atom stereocenters. The van der Waals surface area contributed by atoms with Crippen molar-refractivity contribution in [3.63, 3.8) is 0 Å². The molecule has 1 aromatic carbocycles. The molecule has 7 heteroatoms. The Morgan fingerprint density at radius 2 is 1.96 bits per heavy atom. The fourth-order valence-electron chi connectivity index (χ4n) is 3.84. The maximum Gasteiger partial charge on any atom is 0.260 e. The van der Waals surface area contributed by atoms with Gasteiger partial charge in [-0.05, 0) is 30.7 Å². The maximum atomic E-state index is 12.9. The van der Waals surface area contributed by atoms with Crippen LogP contribution in [-0.2, 0) is 6.42 Å². The van der Waals surface area contributed by atoms with Gasteiger partial charge in [-0.2, -0.15) is 0 Å². The van der Waals surface area contributed by atoms with Gasteiger partial charge < -0.3 is 19.3 Å². The lowest BCUT2D eigenvalue weighted by atomic mass is 10.0. The van der Waals surface area contributed by atoms with Gasteiger partial charge in [0, 0.05) is 37.8 Å². The number of amides is 2. The van der Waals surface area contributed by atoms with Gasteiger partial charge in [0.05, 0.1) is 11.1 Å². The summed E-state index contributed by atoms with van der Waals surface area (Å²) >= 11 is 0. The van der Waals surface area contributed by atoms with Gasteiger partial charge in [0.25, 0.3) is 11.8 Å². The molecule has 1 aromatic heterocycles. The second kappa shape index (κ2) is 6.26. The van der Waals surface area contributed by atoms with Crippen LogP contribution in [0.15, 0.2) is 36.5 Å². The average Bonchev–Trinajstić information content (AvgIpc) is 3.17. The minimum Gasteiger partial charge on any atom is -0.472 e. The number of aromatic nitrogens is 1. The van der Waals surface area contributed by atoms with Crippen molar-refractivity contribution in [1.82, 2.24) is 14.8 Å². The SMILES string of the molecule is O=C1c2cc3c(cc2OCN1CCc1ccccn1)C(=O)N1CCCC1O3. The molecule has 2 aromatic rings. The van der Waals surface area contributed by atoms with Crippen LogP contribution in [0.25, 0.3) is 0 Å². The van der Waals surface area contributed by atoms with Crippen molar-refractivity contribution in [1.29, 1.82) is 0 Å². The highest BCUT2D eigenvalue weighted by Gasteiger charge is 2.39. The summed E-state index contributed by atoms with van der Waals surface area (Å²) in [4.78, 5) is 33.3. The zero-order chi connectivity index (χ0) is 18.4. The van der Waals surface area contributed by atoms with E-state index in [2.05, 4.69) is 4.98 Å². The predicted molar refractivity (Wildman–Crippen MR) is 95.6 cm³/mol. The van der Waals surface area contributed by atoms with Gasteiger partial charge >= 0.3 is 0 Å². The Bertz CT molecular complexity index is 915. The van der Waals surface area contributed by atoms with Gasteiger partial charge in [0.2, 0.25) is 0 Å². The van der Waals surface area contributed by atoms with Crippen molar-refractivity contribution in [2.45, 2.75) is 25.5 Å². The van der Waals surface area contributed by atoms with Crippen molar-refractivity contribution >= 4 is 11.8 Å². The number of benzene rings is 1. The Morgan fingerprint density at radius 3 is 2.81 bits per heavy atom. The molecule has 2 amide bonds. The van der Waals surface area contributed by atoms with Gasteiger partial charge in [-0.25, -0.2) is 0 Å². The van der Waals surface area contributed by atoms with Crippen LogP contribution >= 0.6 is 0 Å². The number of carbonyl (C=O) groups is 2. The van der Waals surface area contributed by atoms with E-state index in [1.807, 2.05) is 18.2 Å². The molecule has 1 saturated heterocycles. The highest BCUT2D eigenvalue weighted by molar-refractivity contribution is 6.03. The molecule has 0 saturated carbocycles. The van der Waals surface area contributed by atoms with Gasteiger partial charge in [-0.15, -0.1) is 0 Å². The molecular weight excluding hydrogens is 346 g/mol. The molecule has 3 aliphatic rings. The first-order valence-electron chi connectivity index (χ1n) is 9.18. The summed E-state index contributed by atoms with van der Waals surface area (Å²) in [5.74, 6) is 0.767. The van der Waals surface area contributed by atoms with Crippen molar-refractivity contribution in [3.05, 3.63) is 53.3 Å². The monoisotopic (exact) mass is 365 g/mol. The van der Waals surface area contributed by atoms with Crippen LogP contribution in [0.5, 0.6) is 11.5 Å². The average molecular weight is 365 g/mol. The first-order valence-corrected chi connectivity index (χ1v) is 9.18. The smallest absolute Gasteiger partial charge is 0.260 e. The normalized spacial score (nSPS) is 20.5. The zero-order valence-electron chi connectivity index (χ0n) is 14.8. The largest absolute Gasteiger partial charge is 0.472 e. The van der Waals surface area contributed by atoms with Crippen LogP contribution in [0.2, 0.25) is 0 Å². The summed E-state index contributed by atoms with van der Waals surface area (Å²) < 4.78 is 11.8. The Hall–Kier alpha value is -3.09. The second-order valence-electron chi connectivity index (χ2n) is 6.97. The Labute approximate surface area is 156 Å². The Balaban J connectivity index is 1.39. The van der Waals surface area contributed by atoms with E-state index >= 15 is 0 Å². The number of carbonyl (C=O) groups excluding carboxylic acids is 2. The second-order valence-corrected chi connectivity index (χ2v) is 6.97. The van der Waals surface area contributed by atoms with Crippen molar-refractivity contribution in [2.75, 3.05) is 19.8 Å². The summed E-state index contributed by atoms with van der Waals surface area (Å²) in [6.07, 6.45) is 3.93. The molecule has 5 rings (SSSR count). The summed E-state index contributed by atoms with van der Waals surface area (Å²) in [6, 6.07) is 9.04. The summed E-state index contributed by atoms with van der Waals surface area (Å²) in [6.45, 7) is 1.39. The molecule has 3 aliphatic heterocycles. The van der Waals surface area contributed by atoms with E-state index < -0.39 is 0 Å². The standard InChI is InChI=1S/C20H19N3O4/c24-19-14-11-17-15(20(25)23-8-3-5-18(23)27-17)10-16(14)26-12-22(19)9-6-13-4-1-2-7-21-13/h1-2,4,7,10-11,18H,3,5-6,8-9,12H2. The summed E-state index contributed by atoms with van der Waals surface area (Å²) in [7, 11) is 0. The topological polar surface area (TPSA) is 72.0 Å². The number of rotatable bonds is 3. The van der Waals surface area contributed by atoms with Gasteiger partial charge in [0.1, 0.15) is 11.5 Å². The summed E-state index contributed by atoms with van der Waals surface area (Å²) in [5, 5.41) is 0. The molecule has 0 radical (unpaired) electrons. The van der Waals surface area contributed by atoms with Gasteiger partial charge in [0.15, 0.2) is 13.0 Å². The Kier molecular flexibility index (Phi) is 3.74. The van der Waals surface area contributed by atoms with Crippen LogP contribution in [0.3, 0.4) is 0 Å². The van der Waals surface area contributed by atoms with E-state index in [0.29, 0.717) is 42.1 Å². The minimum atomic E-state index is -0.220. The predicted octanol–water partition coefficient (Wildman–Crippen LogP) is 2.07. The molecule has 0 aliphatic carbocycles. The van der Waals surface area contributed by atoms with Crippen LogP contribution in [0.1, 0.15) is 39.3 Å². The lowest BCUT2D eigenvalue weighted by Gasteiger charge is -2.34. The number of pyridine rings is 1. The first kappa shape index (κ1) is 16.1. The molecule has 138 valence electrons. The first-order chi connectivity index (χ1) is 13.2. The molecule has 0 bridgehead atoms.